The van der Waals surface area contributed by atoms with E-state index in [4.69, 9.17) is 0 Å². The molecule has 1 unspecified atom stereocenters. The molecule has 0 radical (unpaired) electrons. The zero-order valence-electron chi connectivity index (χ0n) is 8.14. The molecule has 0 saturated carbocycles. The summed E-state index contributed by atoms with van der Waals surface area (Å²) in [5.41, 5.74) is -1.58. The van der Waals surface area contributed by atoms with Crippen LogP contribution in [0.2, 0.25) is 0 Å². The molecule has 1 aromatic rings. The van der Waals surface area contributed by atoms with E-state index in [1.54, 1.807) is 0 Å². The van der Waals surface area contributed by atoms with Gasteiger partial charge in [-0.05, 0) is 17.7 Å². The molecule has 1 aromatic carbocycles. The van der Waals surface area contributed by atoms with Gasteiger partial charge in [-0.1, -0.05) is 12.1 Å². The Labute approximate surface area is 92.0 Å². The van der Waals surface area contributed by atoms with Crippen LogP contribution < -0.4 is 0 Å². The van der Waals surface area contributed by atoms with Crippen molar-refractivity contribution in [2.45, 2.75) is 18.3 Å². The highest BCUT2D eigenvalue weighted by Crippen LogP contribution is 2.35. The van der Waals surface area contributed by atoms with Crippen LogP contribution >= 0.6 is 0 Å². The van der Waals surface area contributed by atoms with E-state index >= 15 is 0 Å². The van der Waals surface area contributed by atoms with Gasteiger partial charge in [0.25, 0.3) is 0 Å². The lowest BCUT2D eigenvalue weighted by atomic mass is 9.99. The summed E-state index contributed by atoms with van der Waals surface area (Å²) in [7, 11) is 0. The molecule has 17 heavy (non-hydrogen) atoms. The molecule has 0 fully saturated rings. The smallest absolute Gasteiger partial charge is 0.302 e. The van der Waals surface area contributed by atoms with Crippen LogP contribution in [-0.4, -0.2) is 12.5 Å². The first-order valence-electron chi connectivity index (χ1n) is 4.35. The number of rotatable bonds is 2. The largest absolute Gasteiger partial charge is 0.416 e. The van der Waals surface area contributed by atoms with Crippen LogP contribution in [0.1, 0.15) is 17.0 Å². The first kappa shape index (κ1) is 13.5. The summed E-state index contributed by atoms with van der Waals surface area (Å²) < 4.78 is 73.3. The number of halogens is 6. The molecule has 0 spiro atoms. The zero-order chi connectivity index (χ0) is 13.3. The van der Waals surface area contributed by atoms with Crippen LogP contribution in [0.3, 0.4) is 0 Å². The van der Waals surface area contributed by atoms with Gasteiger partial charge in [-0.15, -0.1) is 0 Å². The first-order valence-corrected chi connectivity index (χ1v) is 4.35. The van der Waals surface area contributed by atoms with E-state index in [9.17, 15) is 31.1 Å². The molecule has 0 aliphatic rings. The minimum Gasteiger partial charge on any atom is -0.302 e. The van der Waals surface area contributed by atoms with Crippen molar-refractivity contribution >= 4 is 6.29 Å². The Kier molecular flexibility index (Phi) is 3.49. The van der Waals surface area contributed by atoms with E-state index in [1.165, 1.54) is 0 Å². The number of benzene rings is 1. The van der Waals surface area contributed by atoms with Crippen LogP contribution in [0.4, 0.5) is 26.3 Å². The van der Waals surface area contributed by atoms with Gasteiger partial charge in [-0.3, -0.25) is 0 Å². The van der Waals surface area contributed by atoms with E-state index < -0.39 is 29.4 Å². The summed E-state index contributed by atoms with van der Waals surface area (Å²) in [4.78, 5) is 10.3. The third kappa shape index (κ3) is 3.21. The Bertz CT molecular complexity index is 389. The van der Waals surface area contributed by atoms with Crippen molar-refractivity contribution in [1.29, 1.82) is 0 Å². The molecule has 0 bridgehead atoms. The van der Waals surface area contributed by atoms with Crippen LogP contribution in [0, 0.1) is 0 Å². The monoisotopic (exact) mass is 256 g/mol. The molecular weight excluding hydrogens is 250 g/mol. The molecule has 0 aliphatic carbocycles. The van der Waals surface area contributed by atoms with Gasteiger partial charge in [0.2, 0.25) is 0 Å². The summed E-state index contributed by atoms with van der Waals surface area (Å²) in [6.07, 6.45) is -9.77. The molecule has 0 aliphatic heterocycles. The summed E-state index contributed by atoms with van der Waals surface area (Å²) in [6.45, 7) is 0. The van der Waals surface area contributed by atoms with Crippen molar-refractivity contribution in [3.05, 3.63) is 35.4 Å². The number of aldehydes is 1. The molecule has 0 amide bonds. The van der Waals surface area contributed by atoms with Crippen molar-refractivity contribution in [2.75, 3.05) is 0 Å². The number of hydrogen-bond acceptors (Lipinski definition) is 1. The maximum atomic E-state index is 12.3. The Morgan fingerprint density at radius 2 is 1.41 bits per heavy atom. The highest BCUT2D eigenvalue weighted by atomic mass is 19.4. The maximum Gasteiger partial charge on any atom is 0.416 e. The molecule has 7 heteroatoms. The molecule has 1 nitrogen and oxygen atoms in total. The molecule has 0 saturated heterocycles. The second-order valence-corrected chi connectivity index (χ2v) is 3.28. The molecule has 0 N–H and O–H groups in total. The normalized spacial score (nSPS) is 14.5. The van der Waals surface area contributed by atoms with Crippen molar-refractivity contribution in [3.8, 4) is 0 Å². The average molecular weight is 256 g/mol. The molecule has 0 heterocycles. The molecular formula is C10H6F6O. The van der Waals surface area contributed by atoms with Gasteiger partial charge in [0.15, 0.2) is 0 Å². The summed E-state index contributed by atoms with van der Waals surface area (Å²) in [5.74, 6) is -2.40. The minimum atomic E-state index is -4.80. The summed E-state index contributed by atoms with van der Waals surface area (Å²) >= 11 is 0. The molecule has 1 atom stereocenters. The van der Waals surface area contributed by atoms with Gasteiger partial charge < -0.3 is 4.79 Å². The van der Waals surface area contributed by atoms with E-state index in [0.717, 1.165) is 0 Å². The van der Waals surface area contributed by atoms with Gasteiger partial charge in [-0.2, -0.15) is 26.3 Å². The van der Waals surface area contributed by atoms with Gasteiger partial charge in [0.1, 0.15) is 12.2 Å². The standard InChI is InChI=1S/C10H6F6O/c11-9(12,13)7-3-1-6(2-4-7)8(5-17)10(14,15)16/h1-5,8H. The number of carbonyl (C=O) groups excluding carboxylic acids is 1. The predicted octanol–water partition coefficient (Wildman–Crippen LogP) is 3.55. The average Bonchev–Trinajstić information content (AvgIpc) is 2.16. The van der Waals surface area contributed by atoms with Crippen molar-refractivity contribution in [3.63, 3.8) is 0 Å². The second kappa shape index (κ2) is 4.38. The fourth-order valence-electron chi connectivity index (χ4n) is 1.22. The number of alkyl halides is 6. The van der Waals surface area contributed by atoms with E-state index in [-0.39, 0.29) is 6.29 Å². The van der Waals surface area contributed by atoms with Gasteiger partial charge in [-0.25, -0.2) is 0 Å². The predicted molar refractivity (Wildman–Crippen MR) is 46.3 cm³/mol. The SMILES string of the molecule is O=CC(c1ccc(C(F)(F)F)cc1)C(F)(F)F. The molecule has 1 rings (SSSR count). The fraction of sp³-hybridized carbons (Fsp3) is 0.300. The van der Waals surface area contributed by atoms with Crippen LogP contribution in [-0.2, 0) is 11.0 Å². The van der Waals surface area contributed by atoms with Gasteiger partial charge in [0.05, 0.1) is 5.56 Å². The topological polar surface area (TPSA) is 17.1 Å². The van der Waals surface area contributed by atoms with Crippen LogP contribution in [0.25, 0.3) is 0 Å². The lowest BCUT2D eigenvalue weighted by molar-refractivity contribution is -0.155. The fourth-order valence-corrected chi connectivity index (χ4v) is 1.22. The van der Waals surface area contributed by atoms with Gasteiger partial charge >= 0.3 is 12.4 Å². The van der Waals surface area contributed by atoms with Crippen LogP contribution in [0.15, 0.2) is 24.3 Å². The Morgan fingerprint density at radius 3 is 1.71 bits per heavy atom. The number of carbonyl (C=O) groups is 1. The first-order chi connectivity index (χ1) is 7.66. The van der Waals surface area contributed by atoms with E-state index in [1.807, 2.05) is 0 Å². The lowest BCUT2D eigenvalue weighted by Gasteiger charge is -2.15. The molecule has 94 valence electrons. The Hall–Kier alpha value is -1.53. The Morgan fingerprint density at radius 1 is 0.941 bits per heavy atom. The van der Waals surface area contributed by atoms with Crippen molar-refractivity contribution in [2.24, 2.45) is 0 Å². The highest BCUT2D eigenvalue weighted by molar-refractivity contribution is 5.63. The quantitative estimate of drug-likeness (QED) is 0.584. The summed E-state index contributed by atoms with van der Waals surface area (Å²) in [5, 5.41) is 0. The molecule has 0 aromatic heterocycles. The van der Waals surface area contributed by atoms with E-state index in [2.05, 4.69) is 0 Å². The second-order valence-electron chi connectivity index (χ2n) is 3.28. The number of hydrogen-bond donors (Lipinski definition) is 0. The maximum absolute atomic E-state index is 12.3. The van der Waals surface area contributed by atoms with Crippen LogP contribution in [0.5, 0.6) is 0 Å². The summed E-state index contributed by atoms with van der Waals surface area (Å²) in [6, 6.07) is 2.32. The zero-order valence-corrected chi connectivity index (χ0v) is 8.14. The van der Waals surface area contributed by atoms with Crippen molar-refractivity contribution in [1.82, 2.24) is 0 Å². The van der Waals surface area contributed by atoms with Crippen molar-refractivity contribution < 1.29 is 31.1 Å². The Balaban J connectivity index is 3.06. The lowest BCUT2D eigenvalue weighted by Crippen LogP contribution is -2.22. The third-order valence-electron chi connectivity index (χ3n) is 2.09. The third-order valence-corrected chi connectivity index (χ3v) is 2.09. The minimum absolute atomic E-state index is 0.345. The van der Waals surface area contributed by atoms with Gasteiger partial charge in [0, 0.05) is 0 Å². The highest BCUT2D eigenvalue weighted by Gasteiger charge is 2.41. The van der Waals surface area contributed by atoms with E-state index in [0.29, 0.717) is 24.3 Å².